The summed E-state index contributed by atoms with van der Waals surface area (Å²) < 4.78 is 18.0. The van der Waals surface area contributed by atoms with Gasteiger partial charge in [0.1, 0.15) is 21.5 Å². The SMILES string of the molecule is COCCNC(=O)CSc1ccc(-c2sc(-c3ccc(F)cc3)nc2C)nn1. The molecule has 2 aromatic heterocycles. The van der Waals surface area contributed by atoms with E-state index in [1.165, 1.54) is 35.2 Å². The number of rotatable bonds is 8. The Kier molecular flexibility index (Phi) is 7.07. The predicted molar refractivity (Wildman–Crippen MR) is 109 cm³/mol. The molecule has 0 aliphatic carbocycles. The van der Waals surface area contributed by atoms with Crippen molar-refractivity contribution in [2.75, 3.05) is 26.0 Å². The normalized spacial score (nSPS) is 10.8. The second kappa shape index (κ2) is 9.72. The molecule has 0 bridgehead atoms. The highest BCUT2D eigenvalue weighted by atomic mass is 32.2. The zero-order valence-electron chi connectivity index (χ0n) is 15.4. The first-order valence-corrected chi connectivity index (χ1v) is 10.3. The van der Waals surface area contributed by atoms with Crippen molar-refractivity contribution in [1.29, 1.82) is 0 Å². The fourth-order valence-corrected chi connectivity index (χ4v) is 4.03. The van der Waals surface area contributed by atoms with Crippen LogP contribution in [-0.2, 0) is 9.53 Å². The van der Waals surface area contributed by atoms with Gasteiger partial charge in [0.05, 0.1) is 22.9 Å². The Morgan fingerprint density at radius 2 is 2.00 bits per heavy atom. The summed E-state index contributed by atoms with van der Waals surface area (Å²) in [7, 11) is 1.59. The van der Waals surface area contributed by atoms with E-state index in [-0.39, 0.29) is 17.5 Å². The lowest BCUT2D eigenvalue weighted by molar-refractivity contribution is -0.118. The van der Waals surface area contributed by atoms with E-state index in [0.29, 0.717) is 18.2 Å². The minimum absolute atomic E-state index is 0.0739. The fourth-order valence-electron chi connectivity index (χ4n) is 2.35. The summed E-state index contributed by atoms with van der Waals surface area (Å²) in [5.41, 5.74) is 2.43. The van der Waals surface area contributed by atoms with Crippen LogP contribution in [0.2, 0.25) is 0 Å². The molecule has 1 aromatic carbocycles. The largest absolute Gasteiger partial charge is 0.383 e. The van der Waals surface area contributed by atoms with E-state index in [4.69, 9.17) is 4.74 Å². The van der Waals surface area contributed by atoms with Gasteiger partial charge in [-0.3, -0.25) is 4.79 Å². The first-order valence-electron chi connectivity index (χ1n) is 8.52. The zero-order chi connectivity index (χ0) is 19.9. The Balaban J connectivity index is 1.65. The van der Waals surface area contributed by atoms with Gasteiger partial charge in [0, 0.05) is 19.2 Å². The number of amides is 1. The molecule has 28 heavy (non-hydrogen) atoms. The molecule has 0 aliphatic heterocycles. The molecule has 0 saturated carbocycles. The van der Waals surface area contributed by atoms with E-state index in [0.717, 1.165) is 26.8 Å². The minimum atomic E-state index is -0.274. The Hall–Kier alpha value is -2.36. The average Bonchev–Trinajstić information content (AvgIpc) is 3.09. The Morgan fingerprint density at radius 1 is 1.21 bits per heavy atom. The number of hydrogen-bond donors (Lipinski definition) is 1. The summed E-state index contributed by atoms with van der Waals surface area (Å²) in [6, 6.07) is 9.96. The van der Waals surface area contributed by atoms with Crippen LogP contribution in [0.25, 0.3) is 21.1 Å². The lowest BCUT2D eigenvalue weighted by atomic mass is 10.2. The molecule has 9 heteroatoms. The average molecular weight is 419 g/mol. The van der Waals surface area contributed by atoms with Crippen molar-refractivity contribution < 1.29 is 13.9 Å². The Morgan fingerprint density at radius 3 is 2.68 bits per heavy atom. The van der Waals surface area contributed by atoms with Crippen LogP contribution in [0.3, 0.4) is 0 Å². The van der Waals surface area contributed by atoms with Crippen LogP contribution in [0.15, 0.2) is 41.4 Å². The Labute approximate surface area is 170 Å². The smallest absolute Gasteiger partial charge is 0.230 e. The topological polar surface area (TPSA) is 77.0 Å². The number of thioether (sulfide) groups is 1. The summed E-state index contributed by atoms with van der Waals surface area (Å²) in [5.74, 6) is -0.0785. The first-order chi connectivity index (χ1) is 13.6. The fraction of sp³-hybridized carbons (Fsp3) is 0.263. The molecule has 0 radical (unpaired) electrons. The van der Waals surface area contributed by atoms with Crippen molar-refractivity contribution in [2.24, 2.45) is 0 Å². The number of benzene rings is 1. The van der Waals surface area contributed by atoms with Crippen molar-refractivity contribution in [2.45, 2.75) is 11.9 Å². The highest BCUT2D eigenvalue weighted by Crippen LogP contribution is 2.34. The summed E-state index contributed by atoms with van der Waals surface area (Å²) in [4.78, 5) is 17.2. The minimum Gasteiger partial charge on any atom is -0.383 e. The van der Waals surface area contributed by atoms with Gasteiger partial charge < -0.3 is 10.1 Å². The zero-order valence-corrected chi connectivity index (χ0v) is 17.1. The van der Waals surface area contributed by atoms with Crippen molar-refractivity contribution >= 4 is 29.0 Å². The molecule has 0 fully saturated rings. The van der Waals surface area contributed by atoms with Crippen LogP contribution in [-0.4, -0.2) is 47.1 Å². The third kappa shape index (κ3) is 5.34. The number of nitrogens with zero attached hydrogens (tertiary/aromatic N) is 3. The van der Waals surface area contributed by atoms with E-state index in [2.05, 4.69) is 20.5 Å². The van der Waals surface area contributed by atoms with E-state index in [1.807, 2.05) is 19.1 Å². The van der Waals surface area contributed by atoms with Gasteiger partial charge in [-0.25, -0.2) is 9.37 Å². The molecule has 3 rings (SSSR count). The quantitative estimate of drug-likeness (QED) is 0.445. The van der Waals surface area contributed by atoms with Gasteiger partial charge in [0.15, 0.2) is 0 Å². The summed E-state index contributed by atoms with van der Waals surface area (Å²) in [6.45, 7) is 2.88. The maximum absolute atomic E-state index is 13.1. The predicted octanol–water partition coefficient (Wildman–Crippen LogP) is 3.57. The van der Waals surface area contributed by atoms with Crippen molar-refractivity contribution in [1.82, 2.24) is 20.5 Å². The molecule has 0 unspecified atom stereocenters. The summed E-state index contributed by atoms with van der Waals surface area (Å²) in [5, 5.41) is 12.7. The summed E-state index contributed by atoms with van der Waals surface area (Å²) >= 11 is 2.81. The van der Waals surface area contributed by atoms with Crippen molar-refractivity contribution in [3.8, 4) is 21.1 Å². The molecule has 0 atom stereocenters. The molecule has 3 aromatic rings. The highest BCUT2D eigenvalue weighted by molar-refractivity contribution is 7.99. The van der Waals surface area contributed by atoms with Gasteiger partial charge in [0.2, 0.25) is 5.91 Å². The number of thiazole rings is 1. The number of ether oxygens (including phenoxy) is 1. The molecular formula is C19H19FN4O2S2. The molecule has 0 saturated heterocycles. The van der Waals surface area contributed by atoms with E-state index in [9.17, 15) is 9.18 Å². The first kappa shape index (κ1) is 20.4. The number of halogens is 1. The van der Waals surface area contributed by atoms with Crippen LogP contribution in [0.4, 0.5) is 4.39 Å². The summed E-state index contributed by atoms with van der Waals surface area (Å²) in [6.07, 6.45) is 0. The second-order valence-electron chi connectivity index (χ2n) is 5.83. The number of hydrogen-bond acceptors (Lipinski definition) is 7. The van der Waals surface area contributed by atoms with Gasteiger partial charge in [-0.15, -0.1) is 21.5 Å². The molecule has 0 spiro atoms. The van der Waals surface area contributed by atoms with Gasteiger partial charge in [-0.05, 0) is 43.3 Å². The third-order valence-corrected chi connectivity index (χ3v) is 5.89. The maximum atomic E-state index is 13.1. The number of methoxy groups -OCH3 is 1. The number of nitrogens with one attached hydrogen (secondary N) is 1. The Bertz CT molecular complexity index is 930. The third-order valence-electron chi connectivity index (χ3n) is 3.74. The second-order valence-corrected chi connectivity index (χ2v) is 7.82. The van der Waals surface area contributed by atoms with Gasteiger partial charge in [-0.2, -0.15) is 0 Å². The van der Waals surface area contributed by atoms with E-state index in [1.54, 1.807) is 19.2 Å². The monoisotopic (exact) mass is 418 g/mol. The molecule has 1 N–H and O–H groups in total. The molecule has 146 valence electrons. The standard InChI is InChI=1S/C19H19FN4O2S2/c1-12-18(28-19(22-12)13-3-5-14(20)6-4-13)15-7-8-17(24-23-15)27-11-16(25)21-9-10-26-2/h3-8H,9-11H2,1-2H3,(H,21,25). The van der Waals surface area contributed by atoms with Crippen LogP contribution in [0.1, 0.15) is 5.69 Å². The van der Waals surface area contributed by atoms with Crippen molar-refractivity contribution in [3.63, 3.8) is 0 Å². The van der Waals surface area contributed by atoms with Crippen LogP contribution in [0.5, 0.6) is 0 Å². The molecule has 6 nitrogen and oxygen atoms in total. The molecule has 0 aliphatic rings. The van der Waals surface area contributed by atoms with E-state index < -0.39 is 0 Å². The molecule has 1 amide bonds. The van der Waals surface area contributed by atoms with Gasteiger partial charge in [0.25, 0.3) is 0 Å². The maximum Gasteiger partial charge on any atom is 0.230 e. The van der Waals surface area contributed by atoms with Crippen LogP contribution in [0, 0.1) is 12.7 Å². The van der Waals surface area contributed by atoms with Gasteiger partial charge >= 0.3 is 0 Å². The van der Waals surface area contributed by atoms with E-state index >= 15 is 0 Å². The van der Waals surface area contributed by atoms with Crippen LogP contribution >= 0.6 is 23.1 Å². The highest BCUT2D eigenvalue weighted by Gasteiger charge is 2.13. The number of carbonyl (C=O) groups excluding carboxylic acids is 1. The molecular weight excluding hydrogens is 399 g/mol. The van der Waals surface area contributed by atoms with Gasteiger partial charge in [-0.1, -0.05) is 11.8 Å². The number of carbonyl (C=O) groups is 1. The van der Waals surface area contributed by atoms with Crippen molar-refractivity contribution in [3.05, 3.63) is 47.9 Å². The number of aryl methyl sites for hydroxylation is 1. The lowest BCUT2D eigenvalue weighted by Crippen LogP contribution is -2.28. The molecule has 2 heterocycles. The lowest BCUT2D eigenvalue weighted by Gasteiger charge is -2.04. The number of aromatic nitrogens is 3. The van der Waals surface area contributed by atoms with Crippen LogP contribution < -0.4 is 5.32 Å².